The normalized spacial score (nSPS) is 16.4. The van der Waals surface area contributed by atoms with Gasteiger partial charge >= 0.3 is 5.97 Å². The number of hydrogen-bond acceptors (Lipinski definition) is 2. The van der Waals surface area contributed by atoms with Crippen molar-refractivity contribution in [3.8, 4) is 0 Å². The van der Waals surface area contributed by atoms with Gasteiger partial charge in [0.1, 0.15) is 10.8 Å². The third-order valence-corrected chi connectivity index (χ3v) is 4.09. The molecule has 1 aromatic rings. The second-order valence-electron chi connectivity index (χ2n) is 4.50. The molecule has 0 aliphatic heterocycles. The van der Waals surface area contributed by atoms with Gasteiger partial charge in [0.2, 0.25) is 0 Å². The van der Waals surface area contributed by atoms with E-state index in [0.29, 0.717) is 23.6 Å². The molecule has 0 atom stereocenters. The molecule has 2 N–H and O–H groups in total. The minimum absolute atomic E-state index is 0.127. The number of amides is 1. The van der Waals surface area contributed by atoms with Gasteiger partial charge in [-0.2, -0.15) is 0 Å². The zero-order valence-electron chi connectivity index (χ0n) is 9.67. The summed E-state index contributed by atoms with van der Waals surface area (Å²) in [4.78, 5) is 22.8. The first-order valence-corrected chi connectivity index (χ1v) is 6.15. The third kappa shape index (κ3) is 2.20. The highest BCUT2D eigenvalue weighted by molar-refractivity contribution is 6.41. The largest absolute Gasteiger partial charge is 0.481 e. The summed E-state index contributed by atoms with van der Waals surface area (Å²) in [5.74, 6) is -1.25. The van der Waals surface area contributed by atoms with Crippen LogP contribution in [-0.2, 0) is 11.8 Å². The predicted octanol–water partition coefficient (Wildman–Crippen LogP) is 1.93. The van der Waals surface area contributed by atoms with E-state index >= 15 is 0 Å². The van der Waals surface area contributed by atoms with E-state index in [4.69, 9.17) is 28.3 Å². The number of aliphatic carboxylic acids is 1. The second-order valence-corrected chi connectivity index (χ2v) is 5.26. The Labute approximate surface area is 114 Å². The van der Waals surface area contributed by atoms with Gasteiger partial charge in [0.15, 0.2) is 0 Å². The lowest BCUT2D eigenvalue weighted by atomic mass is 10.1. The van der Waals surface area contributed by atoms with E-state index in [-0.39, 0.29) is 17.6 Å². The second kappa shape index (κ2) is 4.48. The van der Waals surface area contributed by atoms with Gasteiger partial charge in [-0.15, -0.1) is 0 Å². The molecule has 18 heavy (non-hydrogen) atoms. The number of hydrogen-bond donors (Lipinski definition) is 2. The van der Waals surface area contributed by atoms with E-state index in [1.165, 1.54) is 10.6 Å². The molecule has 1 saturated carbocycles. The van der Waals surface area contributed by atoms with Crippen LogP contribution in [0, 0.1) is 5.41 Å². The number of aromatic nitrogens is 1. The van der Waals surface area contributed by atoms with Crippen molar-refractivity contribution in [3.63, 3.8) is 0 Å². The Kier molecular flexibility index (Phi) is 3.29. The molecule has 0 radical (unpaired) electrons. The number of nitrogens with one attached hydrogen (secondary N) is 1. The molecule has 2 rings (SSSR count). The van der Waals surface area contributed by atoms with Crippen molar-refractivity contribution in [2.75, 3.05) is 6.54 Å². The van der Waals surface area contributed by atoms with Crippen molar-refractivity contribution in [3.05, 3.63) is 21.9 Å². The van der Waals surface area contributed by atoms with Gasteiger partial charge in [-0.05, 0) is 18.9 Å². The number of carboxylic acids is 1. The molecular weight excluding hydrogens is 279 g/mol. The van der Waals surface area contributed by atoms with Crippen LogP contribution >= 0.6 is 23.2 Å². The van der Waals surface area contributed by atoms with Crippen LogP contribution in [0.15, 0.2) is 6.07 Å². The number of carboxylic acid groups (broad SMARTS) is 1. The minimum Gasteiger partial charge on any atom is -0.481 e. The van der Waals surface area contributed by atoms with Crippen molar-refractivity contribution in [1.29, 1.82) is 0 Å². The van der Waals surface area contributed by atoms with E-state index in [1.807, 2.05) is 0 Å². The molecule has 1 fully saturated rings. The number of carbonyl (C=O) groups is 2. The van der Waals surface area contributed by atoms with E-state index in [1.54, 1.807) is 7.05 Å². The molecule has 5 nitrogen and oxygen atoms in total. The van der Waals surface area contributed by atoms with Crippen LogP contribution < -0.4 is 5.32 Å². The van der Waals surface area contributed by atoms with Gasteiger partial charge < -0.3 is 15.0 Å². The van der Waals surface area contributed by atoms with Crippen LogP contribution in [-0.4, -0.2) is 28.1 Å². The lowest BCUT2D eigenvalue weighted by Gasteiger charge is -2.11. The first kappa shape index (κ1) is 13.2. The van der Waals surface area contributed by atoms with Crippen molar-refractivity contribution < 1.29 is 14.7 Å². The van der Waals surface area contributed by atoms with Crippen LogP contribution in [0.4, 0.5) is 0 Å². The fourth-order valence-electron chi connectivity index (χ4n) is 1.72. The SMILES string of the molecule is Cn1c(C(=O)NCC2(C(=O)O)CC2)cc(Cl)c1Cl. The zero-order valence-corrected chi connectivity index (χ0v) is 11.2. The Bertz CT molecular complexity index is 521. The highest BCUT2D eigenvalue weighted by Crippen LogP contribution is 2.45. The van der Waals surface area contributed by atoms with Crippen LogP contribution in [0.3, 0.4) is 0 Å². The Balaban J connectivity index is 2.05. The lowest BCUT2D eigenvalue weighted by Crippen LogP contribution is -2.34. The first-order chi connectivity index (χ1) is 8.37. The number of nitrogens with zero attached hydrogens (tertiary/aromatic N) is 1. The molecule has 0 unspecified atom stereocenters. The first-order valence-electron chi connectivity index (χ1n) is 5.40. The van der Waals surface area contributed by atoms with E-state index in [2.05, 4.69) is 5.32 Å². The highest BCUT2D eigenvalue weighted by atomic mass is 35.5. The van der Waals surface area contributed by atoms with Crippen molar-refractivity contribution in [2.24, 2.45) is 12.5 Å². The Morgan fingerprint density at radius 1 is 1.50 bits per heavy atom. The third-order valence-electron chi connectivity index (χ3n) is 3.24. The Hall–Kier alpha value is -1.20. The summed E-state index contributed by atoms with van der Waals surface area (Å²) in [6.07, 6.45) is 1.19. The molecule has 98 valence electrons. The molecule has 1 aliphatic carbocycles. The summed E-state index contributed by atoms with van der Waals surface area (Å²) in [6.45, 7) is 0.127. The van der Waals surface area contributed by atoms with Crippen LogP contribution in [0.25, 0.3) is 0 Å². The Morgan fingerprint density at radius 2 is 2.11 bits per heavy atom. The average molecular weight is 291 g/mol. The summed E-state index contributed by atoms with van der Waals surface area (Å²) in [7, 11) is 1.62. The molecular formula is C11H12Cl2N2O3. The van der Waals surface area contributed by atoms with Crippen LogP contribution in [0.1, 0.15) is 23.3 Å². The minimum atomic E-state index is -0.870. The fraction of sp³-hybridized carbons (Fsp3) is 0.455. The number of halogens is 2. The summed E-state index contributed by atoms with van der Waals surface area (Å²) in [6, 6.07) is 1.46. The molecule has 1 amide bonds. The van der Waals surface area contributed by atoms with Crippen molar-refractivity contribution >= 4 is 35.1 Å². The summed E-state index contributed by atoms with van der Waals surface area (Å²) in [5.41, 5.74) is -0.472. The predicted molar refractivity (Wildman–Crippen MR) is 67.1 cm³/mol. The average Bonchev–Trinajstić information content (AvgIpc) is 3.07. The van der Waals surface area contributed by atoms with E-state index in [9.17, 15) is 9.59 Å². The highest BCUT2D eigenvalue weighted by Gasteiger charge is 2.50. The topological polar surface area (TPSA) is 71.3 Å². The van der Waals surface area contributed by atoms with Gasteiger partial charge in [-0.1, -0.05) is 23.2 Å². The molecule has 0 spiro atoms. The van der Waals surface area contributed by atoms with Gasteiger partial charge in [0.05, 0.1) is 10.4 Å². The summed E-state index contributed by atoms with van der Waals surface area (Å²) < 4.78 is 1.46. The van der Waals surface area contributed by atoms with Gasteiger partial charge in [0, 0.05) is 13.6 Å². The molecule has 0 saturated heterocycles. The zero-order chi connectivity index (χ0) is 13.5. The molecule has 0 aromatic carbocycles. The van der Waals surface area contributed by atoms with Gasteiger partial charge in [0.25, 0.3) is 5.91 Å². The quantitative estimate of drug-likeness (QED) is 0.890. The molecule has 1 aliphatic rings. The maximum Gasteiger partial charge on any atom is 0.311 e. The molecule has 7 heteroatoms. The Morgan fingerprint density at radius 3 is 2.50 bits per heavy atom. The molecule has 0 bridgehead atoms. The number of rotatable bonds is 4. The maximum atomic E-state index is 11.9. The van der Waals surface area contributed by atoms with Crippen molar-refractivity contribution in [1.82, 2.24) is 9.88 Å². The van der Waals surface area contributed by atoms with Crippen LogP contribution in [0.5, 0.6) is 0 Å². The standard InChI is InChI=1S/C11H12Cl2N2O3/c1-15-7(4-6(12)8(15)13)9(16)14-5-11(2-3-11)10(17)18/h4H,2-3,5H2,1H3,(H,14,16)(H,17,18). The lowest BCUT2D eigenvalue weighted by molar-refractivity contribution is -0.143. The summed E-state index contributed by atoms with van der Waals surface area (Å²) >= 11 is 11.7. The van der Waals surface area contributed by atoms with Crippen LogP contribution in [0.2, 0.25) is 10.2 Å². The van der Waals surface area contributed by atoms with Gasteiger partial charge in [-0.3, -0.25) is 9.59 Å². The summed E-state index contributed by atoms with van der Waals surface area (Å²) in [5, 5.41) is 12.2. The van der Waals surface area contributed by atoms with E-state index in [0.717, 1.165) is 0 Å². The fourth-order valence-corrected chi connectivity index (χ4v) is 2.09. The van der Waals surface area contributed by atoms with E-state index < -0.39 is 11.4 Å². The van der Waals surface area contributed by atoms with Crippen molar-refractivity contribution in [2.45, 2.75) is 12.8 Å². The molecule has 1 heterocycles. The smallest absolute Gasteiger partial charge is 0.311 e. The number of carbonyl (C=O) groups excluding carboxylic acids is 1. The maximum absolute atomic E-state index is 11.9. The molecule has 1 aromatic heterocycles. The van der Waals surface area contributed by atoms with Gasteiger partial charge in [-0.25, -0.2) is 0 Å². The monoisotopic (exact) mass is 290 g/mol.